The molecule has 7 rings (SSSR count). The molecule has 9 heteroatoms. The normalized spacial score (nSPS) is 25.3. The number of fused-ring (bicyclic) bond motifs is 8. The van der Waals surface area contributed by atoms with Crippen LogP contribution < -0.4 is 18.9 Å². The Balaban J connectivity index is 1.29. The summed E-state index contributed by atoms with van der Waals surface area (Å²) in [5, 5.41) is 10.7. The lowest BCUT2D eigenvalue weighted by atomic mass is 9.72. The number of carbonyl (C=O) groups is 1. The van der Waals surface area contributed by atoms with Gasteiger partial charge in [0, 0.05) is 18.2 Å². The van der Waals surface area contributed by atoms with Crippen molar-refractivity contribution in [2.24, 2.45) is 0 Å². The van der Waals surface area contributed by atoms with Crippen LogP contribution in [-0.2, 0) is 22.4 Å². The van der Waals surface area contributed by atoms with E-state index in [1.165, 1.54) is 6.08 Å². The number of piperazine rings is 1. The number of esters is 1. The first-order chi connectivity index (χ1) is 21.5. The van der Waals surface area contributed by atoms with Gasteiger partial charge in [0.15, 0.2) is 23.0 Å². The van der Waals surface area contributed by atoms with Crippen LogP contribution in [-0.4, -0.2) is 75.0 Å². The number of hydrogen-bond acceptors (Lipinski definition) is 9. The summed E-state index contributed by atoms with van der Waals surface area (Å²) < 4.78 is 29.2. The molecule has 0 amide bonds. The second-order valence-electron chi connectivity index (χ2n) is 11.7. The van der Waals surface area contributed by atoms with E-state index in [2.05, 4.69) is 41.1 Å². The lowest BCUT2D eigenvalue weighted by molar-refractivity contribution is -0.143. The molecule has 0 saturated carbocycles. The highest BCUT2D eigenvalue weighted by molar-refractivity contribution is 5.87. The maximum absolute atomic E-state index is 13.0. The van der Waals surface area contributed by atoms with E-state index in [-0.39, 0.29) is 30.8 Å². The smallest absolute Gasteiger partial charge is 0.330 e. The van der Waals surface area contributed by atoms with Crippen molar-refractivity contribution in [3.05, 3.63) is 88.5 Å². The molecule has 0 spiro atoms. The summed E-state index contributed by atoms with van der Waals surface area (Å²) in [6.45, 7) is 1.07. The third kappa shape index (κ3) is 4.75. The second kappa shape index (κ2) is 11.5. The van der Waals surface area contributed by atoms with Crippen LogP contribution in [0.15, 0.2) is 60.7 Å². The molecule has 3 aromatic rings. The van der Waals surface area contributed by atoms with Crippen molar-refractivity contribution in [2.75, 3.05) is 41.1 Å². The van der Waals surface area contributed by atoms with E-state index in [0.717, 1.165) is 33.6 Å². The van der Waals surface area contributed by atoms with E-state index in [1.54, 1.807) is 20.3 Å². The Labute approximate surface area is 257 Å². The molecule has 0 aromatic heterocycles. The standard InChI is InChI=1S/C35H35N3O6/c1-37-26-13-23-15-30(40-2)31(41-3)18-25(23)35(37)27-14-22-16-32-33(43-12-11-42-32)17-24(22)29(38(27)28(26)19-36)20-44-34(39)10-9-21-7-5-4-6-8-21/h4-10,15-18,26-29,35H,11-14,20H2,1-3H3. The van der Waals surface area contributed by atoms with Crippen molar-refractivity contribution < 1.29 is 28.5 Å². The van der Waals surface area contributed by atoms with Crippen molar-refractivity contribution in [3.8, 4) is 29.1 Å². The van der Waals surface area contributed by atoms with Crippen LogP contribution in [0.5, 0.6) is 23.0 Å². The number of nitrogens with zero attached hydrogens (tertiary/aromatic N) is 3. The molecule has 226 valence electrons. The molecule has 5 atom stereocenters. The zero-order chi connectivity index (χ0) is 30.4. The fraction of sp³-hybridized carbons (Fsp3) is 0.371. The molecule has 1 fully saturated rings. The van der Waals surface area contributed by atoms with E-state index in [1.807, 2.05) is 36.4 Å². The molecule has 4 heterocycles. The van der Waals surface area contributed by atoms with Gasteiger partial charge in [-0.25, -0.2) is 4.79 Å². The number of benzene rings is 3. The molecule has 0 radical (unpaired) electrons. The van der Waals surface area contributed by atoms with E-state index >= 15 is 0 Å². The van der Waals surface area contributed by atoms with Gasteiger partial charge < -0.3 is 23.7 Å². The van der Waals surface area contributed by atoms with Crippen LogP contribution in [0.4, 0.5) is 0 Å². The summed E-state index contributed by atoms with van der Waals surface area (Å²) >= 11 is 0. The van der Waals surface area contributed by atoms with Gasteiger partial charge in [-0.1, -0.05) is 30.3 Å². The van der Waals surface area contributed by atoms with Gasteiger partial charge in [0.1, 0.15) is 25.9 Å². The van der Waals surface area contributed by atoms with Crippen LogP contribution in [0.3, 0.4) is 0 Å². The Morgan fingerprint density at radius 2 is 1.64 bits per heavy atom. The van der Waals surface area contributed by atoms with Crippen molar-refractivity contribution >= 4 is 12.0 Å². The predicted molar refractivity (Wildman–Crippen MR) is 163 cm³/mol. The topological polar surface area (TPSA) is 93.5 Å². The second-order valence-corrected chi connectivity index (χ2v) is 11.7. The molecule has 1 saturated heterocycles. The van der Waals surface area contributed by atoms with Gasteiger partial charge in [0.05, 0.1) is 32.4 Å². The molecule has 4 aliphatic rings. The summed E-state index contributed by atoms with van der Waals surface area (Å²) in [6, 6.07) is 19.6. The number of hydrogen-bond donors (Lipinski definition) is 0. The summed E-state index contributed by atoms with van der Waals surface area (Å²) in [5.41, 5.74) is 5.35. The molecule has 0 N–H and O–H groups in total. The first-order valence-corrected chi connectivity index (χ1v) is 15.0. The molecule has 4 aliphatic heterocycles. The Hall–Kier alpha value is -4.52. The Kier molecular flexibility index (Phi) is 7.40. The van der Waals surface area contributed by atoms with Crippen molar-refractivity contribution in [1.82, 2.24) is 9.80 Å². The Morgan fingerprint density at radius 1 is 0.955 bits per heavy atom. The monoisotopic (exact) mass is 593 g/mol. The molecule has 3 aromatic carbocycles. The number of nitriles is 1. The SMILES string of the molecule is COc1cc2c(cc1OC)C1C3Cc4cc5c(cc4C(COC(=O)C=Cc4ccccc4)N3C(C#N)C(C2)N1C)OCCO5. The van der Waals surface area contributed by atoms with Crippen molar-refractivity contribution in [3.63, 3.8) is 0 Å². The molecular formula is C35H35N3O6. The molecule has 2 bridgehead atoms. The number of ether oxygens (including phenoxy) is 5. The average molecular weight is 594 g/mol. The average Bonchev–Trinajstić information content (AvgIpc) is 3.05. The first kappa shape index (κ1) is 28.3. The van der Waals surface area contributed by atoms with E-state index in [0.29, 0.717) is 43.3 Å². The molecule has 0 aliphatic carbocycles. The van der Waals surface area contributed by atoms with Crippen LogP contribution in [0.2, 0.25) is 0 Å². The van der Waals surface area contributed by atoms with Gasteiger partial charge in [-0.2, -0.15) is 5.26 Å². The lowest BCUT2D eigenvalue weighted by Gasteiger charge is -2.59. The lowest BCUT2D eigenvalue weighted by Crippen LogP contribution is -2.68. The molecule has 9 nitrogen and oxygen atoms in total. The van der Waals surface area contributed by atoms with Crippen LogP contribution >= 0.6 is 0 Å². The van der Waals surface area contributed by atoms with Gasteiger partial charge in [0.2, 0.25) is 0 Å². The highest BCUT2D eigenvalue weighted by Crippen LogP contribution is 2.52. The number of likely N-dealkylation sites (N-methyl/N-ethyl adjacent to an activating group) is 1. The fourth-order valence-electron chi connectivity index (χ4n) is 7.49. The highest BCUT2D eigenvalue weighted by Gasteiger charge is 2.54. The molecule has 44 heavy (non-hydrogen) atoms. The first-order valence-electron chi connectivity index (χ1n) is 15.0. The minimum Gasteiger partial charge on any atom is -0.493 e. The van der Waals surface area contributed by atoms with Crippen LogP contribution in [0.25, 0.3) is 6.08 Å². The van der Waals surface area contributed by atoms with Crippen molar-refractivity contribution in [1.29, 1.82) is 5.26 Å². The fourth-order valence-corrected chi connectivity index (χ4v) is 7.49. The van der Waals surface area contributed by atoms with Gasteiger partial charge >= 0.3 is 5.97 Å². The molecular weight excluding hydrogens is 558 g/mol. The van der Waals surface area contributed by atoms with Gasteiger partial charge in [0.25, 0.3) is 0 Å². The Morgan fingerprint density at radius 3 is 2.36 bits per heavy atom. The van der Waals surface area contributed by atoms with Crippen LogP contribution in [0.1, 0.15) is 39.9 Å². The van der Waals surface area contributed by atoms with E-state index in [9.17, 15) is 10.1 Å². The number of rotatable bonds is 6. The molecule has 5 unspecified atom stereocenters. The number of carbonyl (C=O) groups excluding carboxylic acids is 1. The third-order valence-corrected chi connectivity index (χ3v) is 9.47. The third-order valence-electron chi connectivity index (χ3n) is 9.47. The summed E-state index contributed by atoms with van der Waals surface area (Å²) in [5.74, 6) is 2.34. The van der Waals surface area contributed by atoms with Crippen LogP contribution in [0, 0.1) is 11.3 Å². The largest absolute Gasteiger partial charge is 0.493 e. The zero-order valence-corrected chi connectivity index (χ0v) is 25.1. The minimum atomic E-state index is -0.438. The van der Waals surface area contributed by atoms with E-state index < -0.39 is 12.0 Å². The summed E-state index contributed by atoms with van der Waals surface area (Å²) in [7, 11) is 5.40. The van der Waals surface area contributed by atoms with Gasteiger partial charge in [-0.15, -0.1) is 0 Å². The summed E-state index contributed by atoms with van der Waals surface area (Å²) in [6.07, 6.45) is 4.58. The van der Waals surface area contributed by atoms with E-state index in [4.69, 9.17) is 23.7 Å². The zero-order valence-electron chi connectivity index (χ0n) is 25.1. The highest BCUT2D eigenvalue weighted by atomic mass is 16.6. The number of methoxy groups -OCH3 is 2. The van der Waals surface area contributed by atoms with Gasteiger partial charge in [-0.3, -0.25) is 9.80 Å². The summed E-state index contributed by atoms with van der Waals surface area (Å²) in [4.78, 5) is 17.6. The minimum absolute atomic E-state index is 0.0225. The Bertz CT molecular complexity index is 1650. The predicted octanol–water partition coefficient (Wildman–Crippen LogP) is 4.50. The quantitative estimate of drug-likeness (QED) is 0.303. The maximum Gasteiger partial charge on any atom is 0.330 e. The van der Waals surface area contributed by atoms with Gasteiger partial charge in [-0.05, 0) is 78.0 Å². The maximum atomic E-state index is 13.0. The van der Waals surface area contributed by atoms with Crippen molar-refractivity contribution in [2.45, 2.75) is 43.1 Å².